The summed E-state index contributed by atoms with van der Waals surface area (Å²) in [6.45, 7) is 6.92. The molecule has 0 bridgehead atoms. The third-order valence-corrected chi connectivity index (χ3v) is 4.83. The summed E-state index contributed by atoms with van der Waals surface area (Å²) in [5.74, 6) is 0.127. The SMILES string of the molecule is CC(NC(=O)CCN1CCN(c2ccccc2)CC1)c1ccccc1. The Labute approximate surface area is 150 Å². The number of para-hydroxylation sites is 1. The summed E-state index contributed by atoms with van der Waals surface area (Å²) in [4.78, 5) is 17.0. The molecular formula is C21H27N3O. The summed E-state index contributed by atoms with van der Waals surface area (Å²) in [5, 5.41) is 3.09. The van der Waals surface area contributed by atoms with Crippen LogP contribution in [0.5, 0.6) is 0 Å². The second-order valence-electron chi connectivity index (χ2n) is 6.61. The molecule has 1 fully saturated rings. The van der Waals surface area contributed by atoms with Gasteiger partial charge in [0.25, 0.3) is 0 Å². The highest BCUT2D eigenvalue weighted by Crippen LogP contribution is 2.16. The number of hydrogen-bond donors (Lipinski definition) is 1. The average molecular weight is 337 g/mol. The number of rotatable bonds is 6. The van der Waals surface area contributed by atoms with Gasteiger partial charge in [-0.2, -0.15) is 0 Å². The van der Waals surface area contributed by atoms with Gasteiger partial charge in [-0.15, -0.1) is 0 Å². The van der Waals surface area contributed by atoms with Crippen molar-refractivity contribution < 1.29 is 4.79 Å². The van der Waals surface area contributed by atoms with E-state index < -0.39 is 0 Å². The van der Waals surface area contributed by atoms with E-state index in [1.54, 1.807) is 0 Å². The summed E-state index contributed by atoms with van der Waals surface area (Å²) in [5.41, 5.74) is 2.43. The fraction of sp³-hybridized carbons (Fsp3) is 0.381. The van der Waals surface area contributed by atoms with Gasteiger partial charge in [0.2, 0.25) is 5.91 Å². The first-order valence-electron chi connectivity index (χ1n) is 9.09. The van der Waals surface area contributed by atoms with Crippen molar-refractivity contribution >= 4 is 11.6 Å². The van der Waals surface area contributed by atoms with Crippen molar-refractivity contribution in [2.75, 3.05) is 37.6 Å². The number of piperazine rings is 1. The second-order valence-corrected chi connectivity index (χ2v) is 6.61. The number of nitrogens with zero attached hydrogens (tertiary/aromatic N) is 2. The van der Waals surface area contributed by atoms with Gasteiger partial charge in [0.1, 0.15) is 0 Å². The molecule has 0 aromatic heterocycles. The molecule has 1 aliphatic rings. The van der Waals surface area contributed by atoms with Crippen LogP contribution in [0.2, 0.25) is 0 Å². The molecule has 0 saturated carbocycles. The van der Waals surface area contributed by atoms with Gasteiger partial charge in [0.15, 0.2) is 0 Å². The van der Waals surface area contributed by atoms with Crippen molar-refractivity contribution in [3.8, 4) is 0 Å². The fourth-order valence-electron chi connectivity index (χ4n) is 3.27. The van der Waals surface area contributed by atoms with E-state index in [1.165, 1.54) is 5.69 Å². The molecule has 0 radical (unpaired) electrons. The van der Waals surface area contributed by atoms with Crippen LogP contribution in [0, 0.1) is 0 Å². The summed E-state index contributed by atoms with van der Waals surface area (Å²) in [6, 6.07) is 20.7. The number of benzene rings is 2. The van der Waals surface area contributed by atoms with Crippen LogP contribution in [0.15, 0.2) is 60.7 Å². The van der Waals surface area contributed by atoms with Crippen LogP contribution in [-0.2, 0) is 4.79 Å². The first kappa shape index (κ1) is 17.5. The number of carbonyl (C=O) groups excluding carboxylic acids is 1. The number of amides is 1. The van der Waals surface area contributed by atoms with Crippen molar-refractivity contribution in [2.45, 2.75) is 19.4 Å². The maximum absolute atomic E-state index is 12.2. The molecule has 1 atom stereocenters. The Morgan fingerprint density at radius 2 is 1.56 bits per heavy atom. The van der Waals surface area contributed by atoms with E-state index in [0.29, 0.717) is 6.42 Å². The van der Waals surface area contributed by atoms with Gasteiger partial charge in [-0.05, 0) is 24.6 Å². The van der Waals surface area contributed by atoms with Crippen LogP contribution in [0.25, 0.3) is 0 Å². The Hall–Kier alpha value is -2.33. The standard InChI is InChI=1S/C21H27N3O/c1-18(19-8-4-2-5-9-19)22-21(25)12-13-23-14-16-24(17-15-23)20-10-6-3-7-11-20/h2-11,18H,12-17H2,1H3,(H,22,25). The van der Waals surface area contributed by atoms with Crippen molar-refractivity contribution in [3.63, 3.8) is 0 Å². The first-order valence-corrected chi connectivity index (χ1v) is 9.09. The predicted octanol–water partition coefficient (Wildman–Crippen LogP) is 3.08. The third-order valence-electron chi connectivity index (χ3n) is 4.83. The van der Waals surface area contributed by atoms with Crippen molar-refractivity contribution in [1.82, 2.24) is 10.2 Å². The van der Waals surface area contributed by atoms with Gasteiger partial charge in [-0.25, -0.2) is 0 Å². The zero-order valence-corrected chi connectivity index (χ0v) is 14.9. The number of anilines is 1. The lowest BCUT2D eigenvalue weighted by atomic mass is 10.1. The van der Waals surface area contributed by atoms with Gasteiger partial charge < -0.3 is 10.2 Å². The lowest BCUT2D eigenvalue weighted by molar-refractivity contribution is -0.122. The van der Waals surface area contributed by atoms with E-state index in [9.17, 15) is 4.79 Å². The number of hydrogen-bond acceptors (Lipinski definition) is 3. The molecule has 1 aliphatic heterocycles. The van der Waals surface area contributed by atoms with E-state index in [2.05, 4.69) is 45.4 Å². The maximum Gasteiger partial charge on any atom is 0.221 e. The summed E-state index contributed by atoms with van der Waals surface area (Å²) >= 11 is 0. The Morgan fingerprint density at radius 1 is 0.960 bits per heavy atom. The minimum absolute atomic E-state index is 0.0589. The normalized spacial score (nSPS) is 16.4. The average Bonchev–Trinajstić information content (AvgIpc) is 2.68. The van der Waals surface area contributed by atoms with Crippen LogP contribution in [0.1, 0.15) is 24.9 Å². The lowest BCUT2D eigenvalue weighted by Gasteiger charge is -2.36. The van der Waals surface area contributed by atoms with E-state index in [-0.39, 0.29) is 11.9 Å². The Morgan fingerprint density at radius 3 is 2.20 bits per heavy atom. The zero-order chi connectivity index (χ0) is 17.5. The molecule has 1 heterocycles. The molecule has 4 nitrogen and oxygen atoms in total. The molecule has 2 aromatic rings. The Kier molecular flexibility index (Phi) is 6.07. The molecule has 1 unspecified atom stereocenters. The Bertz CT molecular complexity index is 651. The molecular weight excluding hydrogens is 310 g/mol. The summed E-state index contributed by atoms with van der Waals surface area (Å²) in [7, 11) is 0. The summed E-state index contributed by atoms with van der Waals surface area (Å²) in [6.07, 6.45) is 0.558. The fourth-order valence-corrected chi connectivity index (χ4v) is 3.27. The lowest BCUT2D eigenvalue weighted by Crippen LogP contribution is -2.47. The number of carbonyl (C=O) groups is 1. The highest BCUT2D eigenvalue weighted by Gasteiger charge is 2.18. The highest BCUT2D eigenvalue weighted by molar-refractivity contribution is 5.76. The highest BCUT2D eigenvalue weighted by atomic mass is 16.1. The van der Waals surface area contributed by atoms with Crippen molar-refractivity contribution in [1.29, 1.82) is 0 Å². The van der Waals surface area contributed by atoms with Gasteiger partial charge in [-0.3, -0.25) is 9.69 Å². The van der Waals surface area contributed by atoms with E-state index in [0.717, 1.165) is 38.3 Å². The molecule has 0 aliphatic carbocycles. The second kappa shape index (κ2) is 8.67. The predicted molar refractivity (Wildman–Crippen MR) is 103 cm³/mol. The van der Waals surface area contributed by atoms with E-state index in [4.69, 9.17) is 0 Å². The summed E-state index contributed by atoms with van der Waals surface area (Å²) < 4.78 is 0. The monoisotopic (exact) mass is 337 g/mol. The minimum atomic E-state index is 0.0589. The van der Waals surface area contributed by atoms with Crippen LogP contribution >= 0.6 is 0 Å². The van der Waals surface area contributed by atoms with Gasteiger partial charge in [0.05, 0.1) is 6.04 Å². The largest absolute Gasteiger partial charge is 0.369 e. The number of nitrogens with one attached hydrogen (secondary N) is 1. The zero-order valence-electron chi connectivity index (χ0n) is 14.9. The van der Waals surface area contributed by atoms with Crippen LogP contribution < -0.4 is 10.2 Å². The van der Waals surface area contributed by atoms with Crippen LogP contribution in [-0.4, -0.2) is 43.5 Å². The molecule has 132 valence electrons. The van der Waals surface area contributed by atoms with E-state index in [1.807, 2.05) is 37.3 Å². The van der Waals surface area contributed by atoms with Gasteiger partial charge in [-0.1, -0.05) is 48.5 Å². The van der Waals surface area contributed by atoms with Crippen LogP contribution in [0.4, 0.5) is 5.69 Å². The van der Waals surface area contributed by atoms with E-state index >= 15 is 0 Å². The topological polar surface area (TPSA) is 35.6 Å². The Balaban J connectivity index is 1.39. The molecule has 1 N–H and O–H groups in total. The molecule has 3 rings (SSSR count). The molecule has 1 amide bonds. The third kappa shape index (κ3) is 5.07. The molecule has 2 aromatic carbocycles. The quantitative estimate of drug-likeness (QED) is 0.880. The van der Waals surface area contributed by atoms with Crippen molar-refractivity contribution in [3.05, 3.63) is 66.2 Å². The minimum Gasteiger partial charge on any atom is -0.369 e. The first-order chi connectivity index (χ1) is 12.2. The molecule has 25 heavy (non-hydrogen) atoms. The maximum atomic E-state index is 12.2. The smallest absolute Gasteiger partial charge is 0.221 e. The van der Waals surface area contributed by atoms with Gasteiger partial charge in [0, 0.05) is 44.8 Å². The molecule has 1 saturated heterocycles. The molecule has 0 spiro atoms. The van der Waals surface area contributed by atoms with Crippen LogP contribution in [0.3, 0.4) is 0 Å². The van der Waals surface area contributed by atoms with Gasteiger partial charge >= 0.3 is 0 Å². The van der Waals surface area contributed by atoms with Crippen molar-refractivity contribution in [2.24, 2.45) is 0 Å². The molecule has 4 heteroatoms.